The van der Waals surface area contributed by atoms with Gasteiger partial charge in [0.05, 0.1) is 0 Å². The zero-order valence-corrected chi connectivity index (χ0v) is 12.4. The van der Waals surface area contributed by atoms with Crippen molar-refractivity contribution in [1.82, 2.24) is 9.88 Å². The lowest BCUT2D eigenvalue weighted by atomic mass is 10.2. The predicted octanol–water partition coefficient (Wildman–Crippen LogP) is 3.22. The summed E-state index contributed by atoms with van der Waals surface area (Å²) in [5.74, 6) is 0.117. The number of hydrogen-bond acceptors (Lipinski definition) is 2. The molecule has 1 aliphatic carbocycles. The molecule has 5 heteroatoms. The van der Waals surface area contributed by atoms with Crippen LogP contribution in [0.25, 0.3) is 0 Å². The van der Waals surface area contributed by atoms with Crippen molar-refractivity contribution in [2.45, 2.75) is 25.4 Å². The summed E-state index contributed by atoms with van der Waals surface area (Å²) in [5.41, 5.74) is 1.56. The van der Waals surface area contributed by atoms with Crippen LogP contribution in [0, 0.1) is 0 Å². The van der Waals surface area contributed by atoms with Gasteiger partial charge in [-0.2, -0.15) is 0 Å². The molecule has 0 radical (unpaired) electrons. The number of hydrogen-bond donors (Lipinski definition) is 2. The van der Waals surface area contributed by atoms with Crippen molar-refractivity contribution < 1.29 is 9.90 Å². The fourth-order valence-corrected chi connectivity index (χ4v) is 2.66. The fraction of sp³-hybridized carbons (Fsp3) is 0.267. The molecule has 1 amide bonds. The Labute approximate surface area is 125 Å². The Kier molecular flexibility index (Phi) is 3.53. The minimum absolute atomic E-state index is 0.0917. The molecular formula is C15H15BrN2O2. The van der Waals surface area contributed by atoms with Crippen molar-refractivity contribution in [3.63, 3.8) is 0 Å². The molecule has 2 aromatic rings. The summed E-state index contributed by atoms with van der Waals surface area (Å²) in [7, 11) is 0. The van der Waals surface area contributed by atoms with E-state index in [4.69, 9.17) is 0 Å². The molecular weight excluding hydrogens is 320 g/mol. The van der Waals surface area contributed by atoms with Crippen molar-refractivity contribution in [3.05, 3.63) is 52.3 Å². The topological polar surface area (TPSA) is 54.3 Å². The Hall–Kier alpha value is -1.75. The molecule has 1 heterocycles. The maximum Gasteiger partial charge on any atom is 0.268 e. The lowest BCUT2D eigenvalue weighted by Gasteiger charge is -2.09. The Morgan fingerprint density at radius 2 is 2.20 bits per heavy atom. The number of phenolic OH excluding ortho intramolecular Hbond substituents is 1. The van der Waals surface area contributed by atoms with Crippen LogP contribution < -0.4 is 5.32 Å². The van der Waals surface area contributed by atoms with Gasteiger partial charge in [-0.1, -0.05) is 12.1 Å². The van der Waals surface area contributed by atoms with E-state index >= 15 is 0 Å². The highest BCUT2D eigenvalue weighted by atomic mass is 79.9. The molecule has 0 bridgehead atoms. The molecule has 1 saturated carbocycles. The number of phenols is 1. The van der Waals surface area contributed by atoms with Crippen LogP contribution in [-0.4, -0.2) is 15.6 Å². The average molecular weight is 335 g/mol. The monoisotopic (exact) mass is 334 g/mol. The van der Waals surface area contributed by atoms with Crippen LogP contribution in [0.1, 0.15) is 34.9 Å². The first-order valence-corrected chi connectivity index (χ1v) is 7.36. The fourth-order valence-electron chi connectivity index (χ4n) is 2.22. The van der Waals surface area contributed by atoms with Gasteiger partial charge in [-0.05, 0) is 52.5 Å². The van der Waals surface area contributed by atoms with E-state index in [-0.39, 0.29) is 11.7 Å². The molecule has 0 atom stereocenters. The highest BCUT2D eigenvalue weighted by Crippen LogP contribution is 2.37. The molecule has 4 nitrogen and oxygen atoms in total. The number of aromatic hydroxyl groups is 1. The molecule has 0 saturated heterocycles. The molecule has 3 rings (SSSR count). The van der Waals surface area contributed by atoms with Crippen LogP contribution in [0.3, 0.4) is 0 Å². The highest BCUT2D eigenvalue weighted by Gasteiger charge is 2.27. The Balaban J connectivity index is 1.70. The minimum Gasteiger partial charge on any atom is -0.508 e. The number of nitrogens with zero attached hydrogens (tertiary/aromatic N) is 1. The summed E-state index contributed by atoms with van der Waals surface area (Å²) in [4.78, 5) is 12.3. The van der Waals surface area contributed by atoms with Crippen LogP contribution in [0.5, 0.6) is 5.75 Å². The summed E-state index contributed by atoms with van der Waals surface area (Å²) in [6.07, 6.45) is 4.23. The second-order valence-electron chi connectivity index (χ2n) is 5.03. The van der Waals surface area contributed by atoms with Gasteiger partial charge in [0.1, 0.15) is 11.4 Å². The summed E-state index contributed by atoms with van der Waals surface area (Å²) in [6.45, 7) is 0.403. The zero-order valence-electron chi connectivity index (χ0n) is 10.8. The number of nitrogens with one attached hydrogen (secondary N) is 1. The highest BCUT2D eigenvalue weighted by molar-refractivity contribution is 9.10. The Morgan fingerprint density at radius 1 is 1.40 bits per heavy atom. The summed E-state index contributed by atoms with van der Waals surface area (Å²) >= 11 is 3.42. The zero-order chi connectivity index (χ0) is 14.1. The largest absolute Gasteiger partial charge is 0.508 e. The van der Waals surface area contributed by atoms with Gasteiger partial charge in [-0.25, -0.2) is 0 Å². The molecule has 1 aliphatic rings. The molecule has 1 fully saturated rings. The van der Waals surface area contributed by atoms with Gasteiger partial charge in [0.2, 0.25) is 0 Å². The molecule has 20 heavy (non-hydrogen) atoms. The number of rotatable bonds is 4. The number of aromatic nitrogens is 1. The van der Waals surface area contributed by atoms with E-state index in [1.54, 1.807) is 18.2 Å². The second kappa shape index (κ2) is 5.32. The van der Waals surface area contributed by atoms with E-state index in [9.17, 15) is 9.90 Å². The maximum atomic E-state index is 12.3. The average Bonchev–Trinajstić information content (AvgIpc) is 3.19. The molecule has 0 aliphatic heterocycles. The number of amides is 1. The van der Waals surface area contributed by atoms with Gasteiger partial charge in [-0.15, -0.1) is 0 Å². The lowest BCUT2D eigenvalue weighted by molar-refractivity contribution is 0.0941. The molecule has 2 N–H and O–H groups in total. The standard InChI is InChI=1S/C15H15BrN2O2/c16-11-7-14(18(9-11)12-4-5-12)15(20)17-8-10-2-1-3-13(19)6-10/h1-3,6-7,9,12,19H,4-5,8H2,(H,17,20). The van der Waals surface area contributed by atoms with Crippen molar-refractivity contribution in [2.75, 3.05) is 0 Å². The third-order valence-electron chi connectivity index (χ3n) is 3.35. The molecule has 1 aromatic heterocycles. The van der Waals surface area contributed by atoms with Crippen molar-refractivity contribution >= 4 is 21.8 Å². The summed E-state index contributed by atoms with van der Waals surface area (Å²) < 4.78 is 2.95. The molecule has 0 spiro atoms. The van der Waals surface area contributed by atoms with Gasteiger partial charge in [-0.3, -0.25) is 4.79 Å². The van der Waals surface area contributed by atoms with Crippen LogP contribution in [0.4, 0.5) is 0 Å². The Bertz CT molecular complexity index is 647. The van der Waals surface area contributed by atoms with Gasteiger partial charge >= 0.3 is 0 Å². The number of halogens is 1. The van der Waals surface area contributed by atoms with Crippen LogP contribution in [0.15, 0.2) is 41.0 Å². The summed E-state index contributed by atoms with van der Waals surface area (Å²) in [5, 5.41) is 12.3. The second-order valence-corrected chi connectivity index (χ2v) is 5.95. The van der Waals surface area contributed by atoms with Crippen LogP contribution in [0.2, 0.25) is 0 Å². The SMILES string of the molecule is O=C(NCc1cccc(O)c1)c1cc(Br)cn1C1CC1. The molecule has 0 unspecified atom stereocenters. The third-order valence-corrected chi connectivity index (χ3v) is 3.79. The van der Waals surface area contributed by atoms with E-state index in [1.807, 2.05) is 22.9 Å². The lowest BCUT2D eigenvalue weighted by Crippen LogP contribution is -2.25. The predicted molar refractivity (Wildman–Crippen MR) is 79.7 cm³/mol. The van der Waals surface area contributed by atoms with E-state index in [0.717, 1.165) is 22.9 Å². The first kappa shape index (κ1) is 13.2. The number of carbonyl (C=O) groups is 1. The van der Waals surface area contributed by atoms with E-state index in [1.165, 1.54) is 0 Å². The van der Waals surface area contributed by atoms with Crippen LogP contribution in [-0.2, 0) is 6.54 Å². The smallest absolute Gasteiger partial charge is 0.268 e. The Morgan fingerprint density at radius 3 is 2.90 bits per heavy atom. The van der Waals surface area contributed by atoms with E-state index in [2.05, 4.69) is 21.2 Å². The maximum absolute atomic E-state index is 12.3. The molecule has 104 valence electrons. The van der Waals surface area contributed by atoms with Gasteiger partial charge < -0.3 is 15.0 Å². The van der Waals surface area contributed by atoms with Gasteiger partial charge in [0.15, 0.2) is 0 Å². The van der Waals surface area contributed by atoms with Crippen molar-refractivity contribution in [2.24, 2.45) is 0 Å². The van der Waals surface area contributed by atoms with Crippen molar-refractivity contribution in [3.8, 4) is 5.75 Å². The third kappa shape index (κ3) is 2.88. The minimum atomic E-state index is -0.0917. The normalized spacial score (nSPS) is 14.2. The van der Waals surface area contributed by atoms with E-state index in [0.29, 0.717) is 18.3 Å². The van der Waals surface area contributed by atoms with E-state index < -0.39 is 0 Å². The number of carbonyl (C=O) groups excluding carboxylic acids is 1. The van der Waals surface area contributed by atoms with Crippen LogP contribution >= 0.6 is 15.9 Å². The van der Waals surface area contributed by atoms with Gasteiger partial charge in [0, 0.05) is 23.3 Å². The van der Waals surface area contributed by atoms with Crippen molar-refractivity contribution in [1.29, 1.82) is 0 Å². The quantitative estimate of drug-likeness (QED) is 0.901. The molecule has 1 aromatic carbocycles. The van der Waals surface area contributed by atoms with Gasteiger partial charge in [0.25, 0.3) is 5.91 Å². The first-order chi connectivity index (χ1) is 9.63. The number of benzene rings is 1. The first-order valence-electron chi connectivity index (χ1n) is 6.57. The summed E-state index contributed by atoms with van der Waals surface area (Å²) in [6, 6.07) is 9.20.